The number of hydrogen-bond acceptors (Lipinski definition) is 2. The van der Waals surface area contributed by atoms with E-state index < -0.39 is 0 Å². The Morgan fingerprint density at radius 1 is 1.33 bits per heavy atom. The van der Waals surface area contributed by atoms with Crippen molar-refractivity contribution in [2.45, 2.75) is 70.5 Å². The van der Waals surface area contributed by atoms with Gasteiger partial charge in [0.25, 0.3) is 0 Å². The quantitative estimate of drug-likeness (QED) is 0.753. The molecule has 0 aromatic carbocycles. The molecule has 0 saturated heterocycles. The van der Waals surface area contributed by atoms with Crippen LogP contribution in [0, 0.1) is 0 Å². The van der Waals surface area contributed by atoms with Crippen molar-refractivity contribution in [3.8, 4) is 0 Å². The molecule has 1 saturated carbocycles. The summed E-state index contributed by atoms with van der Waals surface area (Å²) in [7, 11) is 4.42. The Balaban J connectivity index is 2.29. The predicted molar refractivity (Wildman–Crippen MR) is 67.2 cm³/mol. The molecule has 3 atom stereocenters. The van der Waals surface area contributed by atoms with Crippen LogP contribution in [0.25, 0.3) is 0 Å². The average Bonchev–Trinajstić information content (AvgIpc) is 2.18. The second kappa shape index (κ2) is 6.49. The molecule has 2 nitrogen and oxygen atoms in total. The molecule has 0 heterocycles. The van der Waals surface area contributed by atoms with E-state index in [0.717, 1.165) is 12.1 Å². The average molecular weight is 212 g/mol. The van der Waals surface area contributed by atoms with Crippen LogP contribution in [0.15, 0.2) is 0 Å². The number of nitrogens with one attached hydrogen (secondary N) is 1. The molecule has 1 aliphatic carbocycles. The maximum atomic E-state index is 3.78. The van der Waals surface area contributed by atoms with Crippen molar-refractivity contribution >= 4 is 0 Å². The molecule has 0 radical (unpaired) electrons. The van der Waals surface area contributed by atoms with E-state index >= 15 is 0 Å². The molecule has 1 rings (SSSR count). The molecule has 1 aliphatic rings. The molecule has 0 bridgehead atoms. The zero-order valence-corrected chi connectivity index (χ0v) is 10.9. The first-order valence-electron chi connectivity index (χ1n) is 6.56. The Bertz CT molecular complexity index is 168. The monoisotopic (exact) mass is 212 g/mol. The lowest BCUT2D eigenvalue weighted by atomic mass is 9.90. The highest BCUT2D eigenvalue weighted by molar-refractivity contribution is 4.83. The molecular weight excluding hydrogens is 184 g/mol. The Kier molecular flexibility index (Phi) is 5.62. The first-order chi connectivity index (χ1) is 7.13. The van der Waals surface area contributed by atoms with E-state index in [0.29, 0.717) is 6.04 Å². The van der Waals surface area contributed by atoms with Gasteiger partial charge in [-0.2, -0.15) is 0 Å². The Labute approximate surface area is 95.4 Å². The molecule has 0 amide bonds. The number of rotatable bonds is 5. The number of hydrogen-bond donors (Lipinski definition) is 1. The highest BCUT2D eigenvalue weighted by Gasteiger charge is 2.23. The van der Waals surface area contributed by atoms with Gasteiger partial charge in [-0.25, -0.2) is 0 Å². The van der Waals surface area contributed by atoms with E-state index in [4.69, 9.17) is 0 Å². The van der Waals surface area contributed by atoms with Crippen molar-refractivity contribution in [1.29, 1.82) is 0 Å². The second-order valence-corrected chi connectivity index (χ2v) is 5.34. The second-order valence-electron chi connectivity index (χ2n) is 5.34. The lowest BCUT2D eigenvalue weighted by molar-refractivity contribution is 0.192. The lowest BCUT2D eigenvalue weighted by Crippen LogP contribution is -2.44. The third kappa shape index (κ3) is 4.52. The summed E-state index contributed by atoms with van der Waals surface area (Å²) in [4.78, 5) is 2.39. The van der Waals surface area contributed by atoms with E-state index in [1.807, 2.05) is 0 Å². The van der Waals surface area contributed by atoms with Crippen LogP contribution in [0.5, 0.6) is 0 Å². The van der Waals surface area contributed by atoms with Gasteiger partial charge >= 0.3 is 0 Å². The molecule has 90 valence electrons. The third-order valence-electron chi connectivity index (χ3n) is 3.62. The van der Waals surface area contributed by atoms with Crippen molar-refractivity contribution in [2.75, 3.05) is 14.1 Å². The fraction of sp³-hybridized carbons (Fsp3) is 1.00. The number of nitrogens with zero attached hydrogens (tertiary/aromatic N) is 1. The fourth-order valence-corrected chi connectivity index (χ4v) is 2.70. The molecule has 1 N–H and O–H groups in total. The Morgan fingerprint density at radius 3 is 2.67 bits per heavy atom. The molecule has 1 fully saturated rings. The fourth-order valence-electron chi connectivity index (χ4n) is 2.70. The van der Waals surface area contributed by atoms with Gasteiger partial charge in [0.1, 0.15) is 0 Å². The van der Waals surface area contributed by atoms with Crippen LogP contribution < -0.4 is 5.32 Å². The summed E-state index contributed by atoms with van der Waals surface area (Å²) in [6.07, 6.45) is 8.08. The topological polar surface area (TPSA) is 15.3 Å². The van der Waals surface area contributed by atoms with Gasteiger partial charge in [0.2, 0.25) is 0 Å². The molecule has 15 heavy (non-hydrogen) atoms. The van der Waals surface area contributed by atoms with E-state index in [1.54, 1.807) is 0 Å². The molecular formula is C13H28N2. The van der Waals surface area contributed by atoms with Gasteiger partial charge in [-0.1, -0.05) is 19.8 Å². The molecule has 0 aliphatic heterocycles. The molecule has 0 aromatic rings. The van der Waals surface area contributed by atoms with Crippen molar-refractivity contribution < 1.29 is 0 Å². The maximum Gasteiger partial charge on any atom is 0.0104 e. The van der Waals surface area contributed by atoms with Crippen LogP contribution >= 0.6 is 0 Å². The van der Waals surface area contributed by atoms with Gasteiger partial charge in [0.15, 0.2) is 0 Å². The zero-order chi connectivity index (χ0) is 11.3. The summed E-state index contributed by atoms with van der Waals surface area (Å²) in [5.41, 5.74) is 0. The van der Waals surface area contributed by atoms with Gasteiger partial charge in [-0.15, -0.1) is 0 Å². The molecule has 0 aromatic heterocycles. The molecule has 3 unspecified atom stereocenters. The van der Waals surface area contributed by atoms with Crippen LogP contribution in [0.2, 0.25) is 0 Å². The minimum Gasteiger partial charge on any atom is -0.311 e. The summed E-state index contributed by atoms with van der Waals surface area (Å²) in [5.74, 6) is 0. The van der Waals surface area contributed by atoms with Crippen LogP contribution in [0.3, 0.4) is 0 Å². The van der Waals surface area contributed by atoms with E-state index in [9.17, 15) is 0 Å². The van der Waals surface area contributed by atoms with Gasteiger partial charge in [0.05, 0.1) is 0 Å². The van der Waals surface area contributed by atoms with Crippen LogP contribution in [-0.2, 0) is 0 Å². The SMILES string of the molecule is CCCC(C)NC1CCCC(N(C)C)C1. The van der Waals surface area contributed by atoms with Gasteiger partial charge in [-0.05, 0) is 46.7 Å². The predicted octanol–water partition coefficient (Wildman–Crippen LogP) is 2.64. The first kappa shape index (κ1) is 13.0. The Morgan fingerprint density at radius 2 is 2.07 bits per heavy atom. The van der Waals surface area contributed by atoms with Crippen LogP contribution in [0.4, 0.5) is 0 Å². The zero-order valence-electron chi connectivity index (χ0n) is 10.9. The summed E-state index contributed by atoms with van der Waals surface area (Å²) >= 11 is 0. The largest absolute Gasteiger partial charge is 0.311 e. The van der Waals surface area contributed by atoms with Crippen LogP contribution in [-0.4, -0.2) is 37.1 Å². The van der Waals surface area contributed by atoms with Gasteiger partial charge in [-0.3, -0.25) is 0 Å². The standard InChI is InChI=1S/C13H28N2/c1-5-7-11(2)14-12-8-6-9-13(10-12)15(3)4/h11-14H,5-10H2,1-4H3. The van der Waals surface area contributed by atoms with Crippen LogP contribution in [0.1, 0.15) is 52.4 Å². The normalized spacial score (nSPS) is 29.4. The smallest absolute Gasteiger partial charge is 0.0104 e. The first-order valence-corrected chi connectivity index (χ1v) is 6.56. The van der Waals surface area contributed by atoms with Crippen molar-refractivity contribution in [1.82, 2.24) is 10.2 Å². The van der Waals surface area contributed by atoms with Crippen molar-refractivity contribution in [3.63, 3.8) is 0 Å². The summed E-state index contributed by atoms with van der Waals surface area (Å²) in [6, 6.07) is 2.25. The van der Waals surface area contributed by atoms with E-state index in [2.05, 4.69) is 38.2 Å². The molecule has 2 heteroatoms. The highest BCUT2D eigenvalue weighted by atomic mass is 15.1. The summed E-state index contributed by atoms with van der Waals surface area (Å²) < 4.78 is 0. The van der Waals surface area contributed by atoms with Gasteiger partial charge < -0.3 is 10.2 Å². The van der Waals surface area contributed by atoms with E-state index in [1.165, 1.54) is 38.5 Å². The van der Waals surface area contributed by atoms with Crippen molar-refractivity contribution in [3.05, 3.63) is 0 Å². The Hall–Kier alpha value is -0.0800. The third-order valence-corrected chi connectivity index (χ3v) is 3.62. The van der Waals surface area contributed by atoms with Crippen molar-refractivity contribution in [2.24, 2.45) is 0 Å². The van der Waals surface area contributed by atoms with E-state index in [-0.39, 0.29) is 0 Å². The maximum absolute atomic E-state index is 3.78. The highest BCUT2D eigenvalue weighted by Crippen LogP contribution is 2.22. The minimum atomic E-state index is 0.695. The summed E-state index contributed by atoms with van der Waals surface area (Å²) in [5, 5.41) is 3.78. The summed E-state index contributed by atoms with van der Waals surface area (Å²) in [6.45, 7) is 4.59. The molecule has 0 spiro atoms. The van der Waals surface area contributed by atoms with Gasteiger partial charge in [0, 0.05) is 18.1 Å². The minimum absolute atomic E-state index is 0.695. The lowest BCUT2D eigenvalue weighted by Gasteiger charge is -2.35.